The molecule has 106 valence electrons. The summed E-state index contributed by atoms with van der Waals surface area (Å²) in [5.41, 5.74) is 9.85. The summed E-state index contributed by atoms with van der Waals surface area (Å²) in [5, 5.41) is 0. The van der Waals surface area contributed by atoms with Crippen molar-refractivity contribution < 1.29 is 4.74 Å². The molecule has 0 aliphatic carbocycles. The fraction of sp³-hybridized carbons (Fsp3) is 0.333. The van der Waals surface area contributed by atoms with Crippen molar-refractivity contribution in [2.75, 3.05) is 6.61 Å². The zero-order valence-corrected chi connectivity index (χ0v) is 12.5. The Hall–Kier alpha value is -1.80. The van der Waals surface area contributed by atoms with Crippen molar-refractivity contribution in [3.8, 4) is 5.75 Å². The van der Waals surface area contributed by atoms with Crippen LogP contribution in [0.1, 0.15) is 42.5 Å². The molecule has 2 N–H and O–H groups in total. The maximum Gasteiger partial charge on any atom is 0.119 e. The van der Waals surface area contributed by atoms with Crippen LogP contribution in [0.5, 0.6) is 5.75 Å². The Morgan fingerprint density at radius 1 is 0.900 bits per heavy atom. The van der Waals surface area contributed by atoms with Crippen molar-refractivity contribution >= 4 is 0 Å². The van der Waals surface area contributed by atoms with Gasteiger partial charge in [0.25, 0.3) is 0 Å². The van der Waals surface area contributed by atoms with Crippen LogP contribution in [0.2, 0.25) is 0 Å². The molecule has 20 heavy (non-hydrogen) atoms. The van der Waals surface area contributed by atoms with Crippen molar-refractivity contribution in [3.05, 3.63) is 65.2 Å². The first kappa shape index (κ1) is 14.6. The smallest absolute Gasteiger partial charge is 0.119 e. The molecule has 2 nitrogen and oxygen atoms in total. The van der Waals surface area contributed by atoms with Gasteiger partial charge in [0, 0.05) is 0 Å². The minimum atomic E-state index is -0.0995. The lowest BCUT2D eigenvalue weighted by atomic mass is 10.00. The normalized spacial score (nSPS) is 12.4. The van der Waals surface area contributed by atoms with Crippen molar-refractivity contribution in [2.45, 2.75) is 32.7 Å². The van der Waals surface area contributed by atoms with Gasteiger partial charge in [-0.25, -0.2) is 0 Å². The van der Waals surface area contributed by atoms with Gasteiger partial charge in [-0.3, -0.25) is 0 Å². The van der Waals surface area contributed by atoms with Crippen molar-refractivity contribution in [2.24, 2.45) is 5.73 Å². The molecule has 2 aromatic rings. The molecule has 0 amide bonds. The van der Waals surface area contributed by atoms with Gasteiger partial charge in [-0.1, -0.05) is 55.8 Å². The Labute approximate surface area is 121 Å². The van der Waals surface area contributed by atoms with Gasteiger partial charge < -0.3 is 10.5 Å². The topological polar surface area (TPSA) is 35.2 Å². The van der Waals surface area contributed by atoms with Gasteiger partial charge in [-0.15, -0.1) is 0 Å². The summed E-state index contributed by atoms with van der Waals surface area (Å²) < 4.78 is 5.73. The van der Waals surface area contributed by atoms with E-state index >= 15 is 0 Å². The summed E-state index contributed by atoms with van der Waals surface area (Å²) in [6.45, 7) is 6.93. The van der Waals surface area contributed by atoms with E-state index in [2.05, 4.69) is 45.0 Å². The molecule has 0 fully saturated rings. The van der Waals surface area contributed by atoms with Crippen LogP contribution >= 0.6 is 0 Å². The fourth-order valence-electron chi connectivity index (χ4n) is 2.04. The molecule has 2 aromatic carbocycles. The van der Waals surface area contributed by atoms with E-state index in [1.54, 1.807) is 0 Å². The molecular weight excluding hydrogens is 246 g/mol. The second-order valence-corrected chi connectivity index (χ2v) is 5.55. The molecule has 0 spiro atoms. The molecule has 0 saturated heterocycles. The molecule has 2 rings (SSSR count). The molecule has 0 aliphatic heterocycles. The van der Waals surface area contributed by atoms with Crippen LogP contribution in [0.25, 0.3) is 0 Å². The Morgan fingerprint density at radius 2 is 1.45 bits per heavy atom. The van der Waals surface area contributed by atoms with Crippen LogP contribution in [0.15, 0.2) is 48.5 Å². The van der Waals surface area contributed by atoms with Crippen molar-refractivity contribution in [1.82, 2.24) is 0 Å². The second-order valence-electron chi connectivity index (χ2n) is 5.55. The van der Waals surface area contributed by atoms with Crippen molar-refractivity contribution in [1.29, 1.82) is 0 Å². The van der Waals surface area contributed by atoms with Crippen LogP contribution in [0.4, 0.5) is 0 Å². The largest absolute Gasteiger partial charge is 0.492 e. The van der Waals surface area contributed by atoms with Crippen LogP contribution in [-0.2, 0) is 0 Å². The molecule has 0 aliphatic rings. The van der Waals surface area contributed by atoms with Crippen LogP contribution in [0.3, 0.4) is 0 Å². The Morgan fingerprint density at radius 3 is 2.00 bits per heavy atom. The third-order valence-corrected chi connectivity index (χ3v) is 3.48. The summed E-state index contributed by atoms with van der Waals surface area (Å²) >= 11 is 0. The maximum absolute atomic E-state index is 6.17. The van der Waals surface area contributed by atoms with Gasteiger partial charge >= 0.3 is 0 Å². The minimum Gasteiger partial charge on any atom is -0.492 e. The molecule has 0 aromatic heterocycles. The predicted molar refractivity (Wildman–Crippen MR) is 84.1 cm³/mol. The Bertz CT molecular complexity index is 528. The zero-order chi connectivity index (χ0) is 14.5. The molecule has 0 saturated carbocycles. The van der Waals surface area contributed by atoms with Gasteiger partial charge in [0.15, 0.2) is 0 Å². The molecular formula is C18H23NO. The first-order valence-electron chi connectivity index (χ1n) is 7.11. The van der Waals surface area contributed by atoms with Gasteiger partial charge in [-0.2, -0.15) is 0 Å². The molecule has 0 bridgehead atoms. The highest BCUT2D eigenvalue weighted by atomic mass is 16.5. The summed E-state index contributed by atoms with van der Waals surface area (Å²) in [5.74, 6) is 1.41. The van der Waals surface area contributed by atoms with E-state index in [0.717, 1.165) is 11.3 Å². The van der Waals surface area contributed by atoms with E-state index in [-0.39, 0.29) is 6.04 Å². The SMILES string of the molecule is Cc1ccc(OCC(N)c2ccc(C(C)C)cc2)cc1. The lowest BCUT2D eigenvalue weighted by Crippen LogP contribution is -2.19. The number of aryl methyl sites for hydroxylation is 1. The summed E-state index contributed by atoms with van der Waals surface area (Å²) in [6, 6.07) is 16.4. The monoisotopic (exact) mass is 269 g/mol. The van der Waals surface area contributed by atoms with E-state index in [9.17, 15) is 0 Å². The number of ether oxygens (including phenoxy) is 1. The average molecular weight is 269 g/mol. The van der Waals surface area contributed by atoms with E-state index in [0.29, 0.717) is 12.5 Å². The zero-order valence-electron chi connectivity index (χ0n) is 12.5. The summed E-state index contributed by atoms with van der Waals surface area (Å²) in [4.78, 5) is 0. The highest BCUT2D eigenvalue weighted by Crippen LogP contribution is 2.19. The highest BCUT2D eigenvalue weighted by Gasteiger charge is 2.08. The average Bonchev–Trinajstić information content (AvgIpc) is 2.46. The van der Waals surface area contributed by atoms with Gasteiger partial charge in [0.1, 0.15) is 12.4 Å². The van der Waals surface area contributed by atoms with Crippen LogP contribution in [-0.4, -0.2) is 6.61 Å². The lowest BCUT2D eigenvalue weighted by Gasteiger charge is -2.15. The first-order valence-corrected chi connectivity index (χ1v) is 7.11. The van der Waals surface area contributed by atoms with Crippen molar-refractivity contribution in [3.63, 3.8) is 0 Å². The van der Waals surface area contributed by atoms with Gasteiger partial charge in [0.05, 0.1) is 6.04 Å². The van der Waals surface area contributed by atoms with E-state index in [1.807, 2.05) is 24.3 Å². The summed E-state index contributed by atoms with van der Waals surface area (Å²) in [7, 11) is 0. The quantitative estimate of drug-likeness (QED) is 0.883. The van der Waals surface area contributed by atoms with Crippen LogP contribution < -0.4 is 10.5 Å². The van der Waals surface area contributed by atoms with Gasteiger partial charge in [-0.05, 0) is 36.1 Å². The predicted octanol–water partition coefficient (Wildman–Crippen LogP) is 4.20. The number of benzene rings is 2. The molecule has 0 heterocycles. The standard InChI is InChI=1S/C18H23NO/c1-13(2)15-6-8-16(9-7-15)18(19)12-20-17-10-4-14(3)5-11-17/h4-11,13,18H,12,19H2,1-3H3. The third kappa shape index (κ3) is 3.84. The third-order valence-electron chi connectivity index (χ3n) is 3.48. The van der Waals surface area contributed by atoms with Crippen LogP contribution in [0, 0.1) is 6.92 Å². The van der Waals surface area contributed by atoms with E-state index in [1.165, 1.54) is 11.1 Å². The Balaban J connectivity index is 1.94. The second kappa shape index (κ2) is 6.58. The molecule has 1 unspecified atom stereocenters. The molecule has 2 heteroatoms. The van der Waals surface area contributed by atoms with E-state index < -0.39 is 0 Å². The summed E-state index contributed by atoms with van der Waals surface area (Å²) in [6.07, 6.45) is 0. The molecule has 1 atom stereocenters. The number of hydrogen-bond donors (Lipinski definition) is 1. The molecule has 0 radical (unpaired) electrons. The maximum atomic E-state index is 6.17. The lowest BCUT2D eigenvalue weighted by molar-refractivity contribution is 0.290. The van der Waals surface area contributed by atoms with E-state index in [4.69, 9.17) is 10.5 Å². The number of hydrogen-bond acceptors (Lipinski definition) is 2. The number of rotatable bonds is 5. The number of nitrogens with two attached hydrogens (primary N) is 1. The minimum absolute atomic E-state index is 0.0995. The fourth-order valence-corrected chi connectivity index (χ4v) is 2.04. The van der Waals surface area contributed by atoms with Gasteiger partial charge in [0.2, 0.25) is 0 Å². The Kier molecular flexibility index (Phi) is 4.80. The highest BCUT2D eigenvalue weighted by molar-refractivity contribution is 5.28. The first-order chi connectivity index (χ1) is 9.56.